The highest BCUT2D eigenvalue weighted by Gasteiger charge is 2.24. The third-order valence-corrected chi connectivity index (χ3v) is 5.23. The molecule has 132 valence electrons. The van der Waals surface area contributed by atoms with Crippen LogP contribution in [0.3, 0.4) is 0 Å². The molecule has 1 unspecified atom stereocenters. The SMILES string of the molecule is CN(C)CCNC1=NCC(c2cc(-c3ccccc3Cl)nc(N)n2)S1. The van der Waals surface area contributed by atoms with Crippen LogP contribution in [0.2, 0.25) is 5.02 Å². The first-order chi connectivity index (χ1) is 12.0. The van der Waals surface area contributed by atoms with Gasteiger partial charge in [0.05, 0.1) is 23.2 Å². The molecule has 1 aliphatic heterocycles. The Morgan fingerprint density at radius 3 is 2.88 bits per heavy atom. The van der Waals surface area contributed by atoms with E-state index in [2.05, 4.69) is 25.2 Å². The average Bonchev–Trinajstić information content (AvgIpc) is 3.03. The predicted molar refractivity (Wildman–Crippen MR) is 106 cm³/mol. The maximum Gasteiger partial charge on any atom is 0.220 e. The first-order valence-electron chi connectivity index (χ1n) is 8.02. The zero-order chi connectivity index (χ0) is 17.8. The van der Waals surface area contributed by atoms with Gasteiger partial charge in [0.1, 0.15) is 0 Å². The lowest BCUT2D eigenvalue weighted by Crippen LogP contribution is -2.29. The number of anilines is 1. The minimum atomic E-state index is 0.133. The van der Waals surface area contributed by atoms with Gasteiger partial charge in [0, 0.05) is 23.7 Å². The standard InChI is InChI=1S/C17H21ClN6S/c1-24(2)8-7-20-17-21-10-15(25-17)14-9-13(22-16(19)23-14)11-5-3-4-6-12(11)18/h3-6,9,15H,7-8,10H2,1-2H3,(H,20,21)(H2,19,22,23). The minimum Gasteiger partial charge on any atom is -0.368 e. The molecule has 1 aromatic carbocycles. The van der Waals surface area contributed by atoms with Crippen molar-refractivity contribution < 1.29 is 0 Å². The van der Waals surface area contributed by atoms with Crippen LogP contribution in [0, 0.1) is 0 Å². The van der Waals surface area contributed by atoms with Crippen molar-refractivity contribution in [3.8, 4) is 11.3 Å². The number of amidine groups is 1. The third-order valence-electron chi connectivity index (χ3n) is 3.73. The van der Waals surface area contributed by atoms with Gasteiger partial charge in [-0.15, -0.1) is 0 Å². The maximum atomic E-state index is 6.29. The van der Waals surface area contributed by atoms with Crippen LogP contribution in [0.1, 0.15) is 10.9 Å². The second-order valence-electron chi connectivity index (χ2n) is 6.00. The molecule has 3 rings (SSSR count). The molecule has 8 heteroatoms. The van der Waals surface area contributed by atoms with Crippen LogP contribution in [-0.4, -0.2) is 53.8 Å². The van der Waals surface area contributed by atoms with Crippen LogP contribution in [0.5, 0.6) is 0 Å². The molecule has 0 radical (unpaired) electrons. The molecule has 3 N–H and O–H groups in total. The van der Waals surface area contributed by atoms with Crippen molar-refractivity contribution in [3.05, 3.63) is 41.0 Å². The second kappa shape index (κ2) is 8.03. The van der Waals surface area contributed by atoms with Crippen molar-refractivity contribution >= 4 is 34.5 Å². The summed E-state index contributed by atoms with van der Waals surface area (Å²) in [7, 11) is 4.10. The van der Waals surface area contributed by atoms with Gasteiger partial charge in [0.15, 0.2) is 5.17 Å². The molecular formula is C17H21ClN6S. The second-order valence-corrected chi connectivity index (χ2v) is 7.60. The summed E-state index contributed by atoms with van der Waals surface area (Å²) in [6, 6.07) is 9.55. The number of nitrogens with two attached hydrogens (primary N) is 1. The number of aromatic nitrogens is 2. The fraction of sp³-hybridized carbons (Fsp3) is 0.353. The van der Waals surface area contributed by atoms with E-state index >= 15 is 0 Å². The van der Waals surface area contributed by atoms with E-state index < -0.39 is 0 Å². The molecule has 0 aliphatic carbocycles. The number of nitrogens with zero attached hydrogens (tertiary/aromatic N) is 4. The first kappa shape index (κ1) is 18.0. The van der Waals surface area contributed by atoms with E-state index in [0.29, 0.717) is 11.6 Å². The van der Waals surface area contributed by atoms with Gasteiger partial charge in [-0.05, 0) is 26.2 Å². The highest BCUT2D eigenvalue weighted by molar-refractivity contribution is 8.14. The Labute approximate surface area is 156 Å². The fourth-order valence-corrected chi connectivity index (χ4v) is 3.70. The molecule has 1 atom stereocenters. The summed E-state index contributed by atoms with van der Waals surface area (Å²) in [5.41, 5.74) is 8.40. The molecule has 2 heterocycles. The zero-order valence-corrected chi connectivity index (χ0v) is 15.8. The average molecular weight is 377 g/mol. The first-order valence-corrected chi connectivity index (χ1v) is 9.28. The number of likely N-dealkylation sites (N-methyl/N-ethyl adjacent to an activating group) is 1. The number of nitrogen functional groups attached to an aromatic ring is 1. The number of thioether (sulfide) groups is 1. The largest absolute Gasteiger partial charge is 0.368 e. The van der Waals surface area contributed by atoms with Crippen LogP contribution in [0.15, 0.2) is 35.3 Å². The van der Waals surface area contributed by atoms with E-state index in [4.69, 9.17) is 17.3 Å². The van der Waals surface area contributed by atoms with Gasteiger partial charge in [0.25, 0.3) is 0 Å². The Kier molecular flexibility index (Phi) is 5.78. The van der Waals surface area contributed by atoms with E-state index in [0.717, 1.165) is 35.2 Å². The number of aliphatic imine (C=N–C) groups is 1. The van der Waals surface area contributed by atoms with E-state index in [1.54, 1.807) is 11.8 Å². The molecule has 0 spiro atoms. The summed E-state index contributed by atoms with van der Waals surface area (Å²) in [5.74, 6) is 0.252. The summed E-state index contributed by atoms with van der Waals surface area (Å²) >= 11 is 7.96. The molecule has 0 bridgehead atoms. The molecule has 25 heavy (non-hydrogen) atoms. The van der Waals surface area contributed by atoms with Crippen molar-refractivity contribution in [2.75, 3.05) is 39.5 Å². The number of nitrogens with one attached hydrogen (secondary N) is 1. The summed E-state index contributed by atoms with van der Waals surface area (Å²) < 4.78 is 0. The monoisotopic (exact) mass is 376 g/mol. The summed E-state index contributed by atoms with van der Waals surface area (Å²) in [6.45, 7) is 2.50. The molecule has 6 nitrogen and oxygen atoms in total. The van der Waals surface area contributed by atoms with Crippen molar-refractivity contribution in [2.24, 2.45) is 4.99 Å². The number of rotatable bonds is 5. The van der Waals surface area contributed by atoms with Crippen LogP contribution in [0.4, 0.5) is 5.95 Å². The highest BCUT2D eigenvalue weighted by atomic mass is 35.5. The van der Waals surface area contributed by atoms with Gasteiger partial charge in [0.2, 0.25) is 5.95 Å². The topological polar surface area (TPSA) is 79.4 Å². The predicted octanol–water partition coefficient (Wildman–Crippen LogP) is 2.67. The van der Waals surface area contributed by atoms with Crippen molar-refractivity contribution in [2.45, 2.75) is 5.25 Å². The number of hydrogen-bond acceptors (Lipinski definition) is 7. The number of hydrogen-bond donors (Lipinski definition) is 2. The zero-order valence-electron chi connectivity index (χ0n) is 14.2. The Hall–Kier alpha value is -1.83. The maximum absolute atomic E-state index is 6.29. The lowest BCUT2D eigenvalue weighted by atomic mass is 10.1. The van der Waals surface area contributed by atoms with Gasteiger partial charge in [-0.3, -0.25) is 4.99 Å². The molecule has 0 fully saturated rings. The fourth-order valence-electron chi connectivity index (χ4n) is 2.47. The molecule has 0 amide bonds. The van der Waals surface area contributed by atoms with Crippen molar-refractivity contribution in [1.82, 2.24) is 20.2 Å². The number of benzene rings is 1. The van der Waals surface area contributed by atoms with E-state index in [9.17, 15) is 0 Å². The molecule has 0 saturated heterocycles. The molecule has 0 saturated carbocycles. The van der Waals surface area contributed by atoms with Gasteiger partial charge in [-0.2, -0.15) is 0 Å². The summed E-state index contributed by atoms with van der Waals surface area (Å²) in [6.07, 6.45) is 0. The lowest BCUT2D eigenvalue weighted by Gasteiger charge is -2.13. The van der Waals surface area contributed by atoms with Gasteiger partial charge in [-0.1, -0.05) is 41.6 Å². The van der Waals surface area contributed by atoms with Gasteiger partial charge in [-0.25, -0.2) is 9.97 Å². The van der Waals surface area contributed by atoms with Crippen molar-refractivity contribution in [3.63, 3.8) is 0 Å². The third kappa shape index (κ3) is 4.62. The summed E-state index contributed by atoms with van der Waals surface area (Å²) in [4.78, 5) is 15.4. The van der Waals surface area contributed by atoms with E-state index in [1.807, 2.05) is 44.4 Å². The molecule has 2 aromatic rings. The Bertz CT molecular complexity index is 779. The van der Waals surface area contributed by atoms with E-state index in [1.165, 1.54) is 0 Å². The highest BCUT2D eigenvalue weighted by Crippen LogP contribution is 2.36. The van der Waals surface area contributed by atoms with Crippen molar-refractivity contribution in [1.29, 1.82) is 0 Å². The van der Waals surface area contributed by atoms with E-state index in [-0.39, 0.29) is 11.2 Å². The van der Waals surface area contributed by atoms with Crippen LogP contribution >= 0.6 is 23.4 Å². The molecule has 1 aromatic heterocycles. The summed E-state index contributed by atoms with van der Waals surface area (Å²) in [5, 5.41) is 5.08. The van der Waals surface area contributed by atoms with Crippen LogP contribution < -0.4 is 11.1 Å². The van der Waals surface area contributed by atoms with Crippen LogP contribution in [-0.2, 0) is 0 Å². The number of halogens is 1. The normalized spacial score (nSPS) is 17.0. The Morgan fingerprint density at radius 2 is 2.12 bits per heavy atom. The quantitative estimate of drug-likeness (QED) is 0.835. The molecule has 1 aliphatic rings. The minimum absolute atomic E-state index is 0.133. The van der Waals surface area contributed by atoms with Crippen LogP contribution in [0.25, 0.3) is 11.3 Å². The smallest absolute Gasteiger partial charge is 0.220 e. The lowest BCUT2D eigenvalue weighted by molar-refractivity contribution is 0.413. The Balaban J connectivity index is 1.73. The van der Waals surface area contributed by atoms with Gasteiger partial charge >= 0.3 is 0 Å². The van der Waals surface area contributed by atoms with Gasteiger partial charge < -0.3 is 16.0 Å². The Morgan fingerprint density at radius 1 is 1.32 bits per heavy atom. The molecular weight excluding hydrogens is 356 g/mol.